The highest BCUT2D eigenvalue weighted by atomic mass is 16.5. The van der Waals surface area contributed by atoms with Gasteiger partial charge in [0.1, 0.15) is 11.5 Å². The molecule has 1 aliphatic rings. The monoisotopic (exact) mass is 397 g/mol. The molecule has 7 heteroatoms. The lowest BCUT2D eigenvalue weighted by Crippen LogP contribution is -2.47. The quantitative estimate of drug-likeness (QED) is 0.811. The van der Waals surface area contributed by atoms with Crippen molar-refractivity contribution >= 4 is 17.5 Å². The molecular formula is C22H27N3O4. The Morgan fingerprint density at radius 3 is 2.52 bits per heavy atom. The molecule has 1 N–H and O–H groups in total. The average molecular weight is 397 g/mol. The van der Waals surface area contributed by atoms with Gasteiger partial charge in [-0.1, -0.05) is 12.1 Å². The molecule has 0 aromatic heterocycles. The molecule has 0 bridgehead atoms. The van der Waals surface area contributed by atoms with Crippen LogP contribution in [0.5, 0.6) is 11.5 Å². The number of rotatable bonds is 6. The zero-order chi connectivity index (χ0) is 20.8. The van der Waals surface area contributed by atoms with Crippen molar-refractivity contribution in [2.75, 3.05) is 52.3 Å². The van der Waals surface area contributed by atoms with Crippen molar-refractivity contribution in [3.8, 4) is 11.5 Å². The second kappa shape index (κ2) is 9.43. The Bertz CT molecular complexity index is 876. The number of likely N-dealkylation sites (N-methyl/N-ethyl adjacent to an activating group) is 1. The topological polar surface area (TPSA) is 71.1 Å². The minimum Gasteiger partial charge on any atom is -0.495 e. The molecule has 3 rings (SSSR count). The minimum absolute atomic E-state index is 0.0488. The van der Waals surface area contributed by atoms with Gasteiger partial charge in [-0.05, 0) is 49.9 Å². The van der Waals surface area contributed by atoms with E-state index in [-0.39, 0.29) is 18.4 Å². The summed E-state index contributed by atoms with van der Waals surface area (Å²) in [7, 11) is 3.57. The molecule has 0 spiro atoms. The van der Waals surface area contributed by atoms with E-state index in [1.807, 2.05) is 37.1 Å². The van der Waals surface area contributed by atoms with E-state index < -0.39 is 0 Å². The highest BCUT2D eigenvalue weighted by Gasteiger charge is 2.21. The molecule has 0 radical (unpaired) electrons. The van der Waals surface area contributed by atoms with Crippen molar-refractivity contribution in [2.45, 2.75) is 6.92 Å². The van der Waals surface area contributed by atoms with Crippen molar-refractivity contribution in [1.29, 1.82) is 0 Å². The molecule has 1 fully saturated rings. The molecule has 2 amide bonds. The third-order valence-corrected chi connectivity index (χ3v) is 4.87. The van der Waals surface area contributed by atoms with Gasteiger partial charge in [-0.2, -0.15) is 0 Å². The van der Waals surface area contributed by atoms with Gasteiger partial charge in [0, 0.05) is 31.7 Å². The molecule has 0 atom stereocenters. The Kier molecular flexibility index (Phi) is 6.72. The molecular weight excluding hydrogens is 370 g/mol. The van der Waals surface area contributed by atoms with E-state index >= 15 is 0 Å². The molecule has 2 aromatic carbocycles. The van der Waals surface area contributed by atoms with Crippen molar-refractivity contribution < 1.29 is 19.1 Å². The summed E-state index contributed by atoms with van der Waals surface area (Å²) < 4.78 is 10.9. The van der Waals surface area contributed by atoms with Gasteiger partial charge in [0.05, 0.1) is 12.8 Å². The van der Waals surface area contributed by atoms with E-state index in [0.29, 0.717) is 35.8 Å². The van der Waals surface area contributed by atoms with Crippen LogP contribution in [0.15, 0.2) is 42.5 Å². The van der Waals surface area contributed by atoms with Gasteiger partial charge in [0.15, 0.2) is 6.61 Å². The summed E-state index contributed by atoms with van der Waals surface area (Å²) in [5.74, 6) is 0.746. The van der Waals surface area contributed by atoms with E-state index in [1.165, 1.54) is 7.11 Å². The first-order valence-corrected chi connectivity index (χ1v) is 9.61. The van der Waals surface area contributed by atoms with Crippen LogP contribution in [0.2, 0.25) is 0 Å². The van der Waals surface area contributed by atoms with Gasteiger partial charge < -0.3 is 24.6 Å². The first kappa shape index (κ1) is 20.7. The number of hydrogen-bond donors (Lipinski definition) is 1. The van der Waals surface area contributed by atoms with Gasteiger partial charge in [-0.25, -0.2) is 0 Å². The predicted molar refractivity (Wildman–Crippen MR) is 112 cm³/mol. The normalized spacial score (nSPS) is 14.4. The number of benzene rings is 2. The number of aryl methyl sites for hydroxylation is 1. The number of nitrogens with zero attached hydrogens (tertiary/aromatic N) is 2. The Morgan fingerprint density at radius 2 is 1.83 bits per heavy atom. The van der Waals surface area contributed by atoms with Crippen molar-refractivity contribution in [3.63, 3.8) is 0 Å². The number of anilines is 1. The number of nitrogens with one attached hydrogen (secondary N) is 1. The lowest BCUT2D eigenvalue weighted by Gasteiger charge is -2.32. The fourth-order valence-electron chi connectivity index (χ4n) is 3.17. The van der Waals surface area contributed by atoms with Gasteiger partial charge in [0.2, 0.25) is 0 Å². The number of methoxy groups -OCH3 is 1. The highest BCUT2D eigenvalue weighted by molar-refractivity contribution is 5.98. The molecule has 0 saturated carbocycles. The number of ether oxygens (including phenoxy) is 2. The SMILES string of the molecule is COc1ccc(C(=O)N2CCN(C)CC2)cc1NC(=O)COc1cccc(C)c1. The molecule has 0 unspecified atom stereocenters. The van der Waals surface area contributed by atoms with E-state index in [4.69, 9.17) is 9.47 Å². The lowest BCUT2D eigenvalue weighted by atomic mass is 10.1. The van der Waals surface area contributed by atoms with Crippen LogP contribution in [0.3, 0.4) is 0 Å². The Labute approximate surface area is 171 Å². The second-order valence-corrected chi connectivity index (χ2v) is 7.16. The van der Waals surface area contributed by atoms with Crippen LogP contribution in [-0.2, 0) is 4.79 Å². The summed E-state index contributed by atoms with van der Waals surface area (Å²) in [5.41, 5.74) is 2.02. The molecule has 7 nitrogen and oxygen atoms in total. The third-order valence-electron chi connectivity index (χ3n) is 4.87. The first-order valence-electron chi connectivity index (χ1n) is 9.61. The average Bonchev–Trinajstić information content (AvgIpc) is 2.72. The standard InChI is InChI=1S/C22H27N3O4/c1-16-5-4-6-18(13-16)29-15-21(26)23-19-14-17(7-8-20(19)28-3)22(27)25-11-9-24(2)10-12-25/h4-8,13-14H,9-12,15H2,1-3H3,(H,23,26). The van der Waals surface area contributed by atoms with Crippen LogP contribution in [0.25, 0.3) is 0 Å². The summed E-state index contributed by atoms with van der Waals surface area (Å²) in [6.45, 7) is 4.90. The third kappa shape index (κ3) is 5.48. The lowest BCUT2D eigenvalue weighted by molar-refractivity contribution is -0.118. The van der Waals surface area contributed by atoms with Crippen LogP contribution < -0.4 is 14.8 Å². The molecule has 29 heavy (non-hydrogen) atoms. The van der Waals surface area contributed by atoms with Crippen LogP contribution in [-0.4, -0.2) is 68.6 Å². The number of carbonyl (C=O) groups excluding carboxylic acids is 2. The van der Waals surface area contributed by atoms with Gasteiger partial charge >= 0.3 is 0 Å². The zero-order valence-electron chi connectivity index (χ0n) is 17.1. The molecule has 154 valence electrons. The number of amides is 2. The van der Waals surface area contributed by atoms with E-state index in [2.05, 4.69) is 10.2 Å². The maximum absolute atomic E-state index is 12.8. The van der Waals surface area contributed by atoms with Crippen molar-refractivity contribution in [2.24, 2.45) is 0 Å². The first-order chi connectivity index (χ1) is 14.0. The predicted octanol–water partition coefficient (Wildman–Crippen LogP) is 2.41. The summed E-state index contributed by atoms with van der Waals surface area (Å²) in [6, 6.07) is 12.6. The van der Waals surface area contributed by atoms with Crippen LogP contribution in [0.4, 0.5) is 5.69 Å². The van der Waals surface area contributed by atoms with Crippen molar-refractivity contribution in [1.82, 2.24) is 9.80 Å². The van der Waals surface area contributed by atoms with E-state index in [9.17, 15) is 9.59 Å². The van der Waals surface area contributed by atoms with Crippen LogP contribution in [0, 0.1) is 6.92 Å². The van der Waals surface area contributed by atoms with Gasteiger partial charge in [-0.15, -0.1) is 0 Å². The largest absolute Gasteiger partial charge is 0.495 e. The van der Waals surface area contributed by atoms with Crippen LogP contribution in [0.1, 0.15) is 15.9 Å². The molecule has 2 aromatic rings. The zero-order valence-corrected chi connectivity index (χ0v) is 17.1. The molecule has 1 heterocycles. The fraction of sp³-hybridized carbons (Fsp3) is 0.364. The summed E-state index contributed by atoms with van der Waals surface area (Å²) in [4.78, 5) is 29.2. The Morgan fingerprint density at radius 1 is 1.07 bits per heavy atom. The number of carbonyl (C=O) groups is 2. The van der Waals surface area contributed by atoms with Gasteiger partial charge in [-0.3, -0.25) is 9.59 Å². The molecule has 1 aliphatic heterocycles. The second-order valence-electron chi connectivity index (χ2n) is 7.16. The summed E-state index contributed by atoms with van der Waals surface area (Å²) in [5, 5.41) is 2.78. The highest BCUT2D eigenvalue weighted by Crippen LogP contribution is 2.26. The molecule has 1 saturated heterocycles. The van der Waals surface area contributed by atoms with Crippen LogP contribution >= 0.6 is 0 Å². The summed E-state index contributed by atoms with van der Waals surface area (Å²) >= 11 is 0. The fourth-order valence-corrected chi connectivity index (χ4v) is 3.17. The summed E-state index contributed by atoms with van der Waals surface area (Å²) in [6.07, 6.45) is 0. The van der Waals surface area contributed by atoms with E-state index in [0.717, 1.165) is 18.7 Å². The Balaban J connectivity index is 1.66. The smallest absolute Gasteiger partial charge is 0.262 e. The number of piperazine rings is 1. The number of hydrogen-bond acceptors (Lipinski definition) is 5. The maximum Gasteiger partial charge on any atom is 0.262 e. The Hall–Kier alpha value is -3.06. The maximum atomic E-state index is 12.8. The molecule has 0 aliphatic carbocycles. The minimum atomic E-state index is -0.325. The van der Waals surface area contributed by atoms with Crippen molar-refractivity contribution in [3.05, 3.63) is 53.6 Å². The van der Waals surface area contributed by atoms with E-state index in [1.54, 1.807) is 24.3 Å². The van der Waals surface area contributed by atoms with Gasteiger partial charge in [0.25, 0.3) is 11.8 Å².